The van der Waals surface area contributed by atoms with Crippen molar-refractivity contribution < 1.29 is 0 Å². The molecule has 0 aliphatic heterocycles. The van der Waals surface area contributed by atoms with E-state index in [4.69, 9.17) is 0 Å². The van der Waals surface area contributed by atoms with Crippen molar-refractivity contribution in [2.24, 2.45) is 17.8 Å². The van der Waals surface area contributed by atoms with Gasteiger partial charge >= 0.3 is 0 Å². The van der Waals surface area contributed by atoms with Crippen molar-refractivity contribution in [3.8, 4) is 0 Å². The van der Waals surface area contributed by atoms with Crippen molar-refractivity contribution in [1.29, 1.82) is 0 Å². The quantitative estimate of drug-likeness (QED) is 0.437. The fourth-order valence-corrected chi connectivity index (χ4v) is 1.61. The lowest BCUT2D eigenvalue weighted by Crippen LogP contribution is -2.21. The summed E-state index contributed by atoms with van der Waals surface area (Å²) >= 11 is 0. The standard InChI is InChI=1S/C9H17/c1-7-5-4-6-8(2)9(7)3/h4,7-9H,5-6H2,1-3H3/q-1. The van der Waals surface area contributed by atoms with Crippen LogP contribution in [0.25, 0.3) is 0 Å². The maximum Gasteiger partial charge on any atom is -0.0440 e. The van der Waals surface area contributed by atoms with Crippen LogP contribution in [-0.2, 0) is 0 Å². The number of hydrogen-bond acceptors (Lipinski definition) is 0. The van der Waals surface area contributed by atoms with Gasteiger partial charge in [0.1, 0.15) is 0 Å². The minimum Gasteiger partial charge on any atom is -0.328 e. The molecule has 2 unspecified atom stereocenters. The van der Waals surface area contributed by atoms with E-state index >= 15 is 0 Å². The highest BCUT2D eigenvalue weighted by atomic mass is 14.3. The van der Waals surface area contributed by atoms with Gasteiger partial charge in [0.25, 0.3) is 0 Å². The lowest BCUT2D eigenvalue weighted by molar-refractivity contribution is 0.234. The summed E-state index contributed by atoms with van der Waals surface area (Å²) in [6.45, 7) is 7.09. The first-order chi connectivity index (χ1) is 4.22. The van der Waals surface area contributed by atoms with Crippen molar-refractivity contribution in [3.05, 3.63) is 6.42 Å². The molecule has 0 saturated heterocycles. The molecule has 0 spiro atoms. The number of rotatable bonds is 0. The van der Waals surface area contributed by atoms with Gasteiger partial charge < -0.3 is 6.42 Å². The third-order valence-corrected chi connectivity index (χ3v) is 2.87. The maximum absolute atomic E-state index is 2.44. The minimum atomic E-state index is 0.925. The smallest absolute Gasteiger partial charge is 0.0440 e. The highest BCUT2D eigenvalue weighted by Gasteiger charge is 2.17. The van der Waals surface area contributed by atoms with Crippen LogP contribution in [0.3, 0.4) is 0 Å². The predicted molar refractivity (Wildman–Crippen MR) is 41.0 cm³/mol. The zero-order valence-electron chi connectivity index (χ0n) is 6.72. The van der Waals surface area contributed by atoms with Crippen molar-refractivity contribution in [2.45, 2.75) is 33.6 Å². The Hall–Kier alpha value is 0. The molecule has 0 heteroatoms. The van der Waals surface area contributed by atoms with Crippen LogP contribution in [0, 0.1) is 24.2 Å². The Bertz CT molecular complexity index is 76.0. The van der Waals surface area contributed by atoms with Crippen molar-refractivity contribution in [1.82, 2.24) is 0 Å². The Morgan fingerprint density at radius 1 is 1.00 bits per heavy atom. The Kier molecular flexibility index (Phi) is 2.15. The zero-order chi connectivity index (χ0) is 6.85. The van der Waals surface area contributed by atoms with Gasteiger partial charge in [0, 0.05) is 0 Å². The third kappa shape index (κ3) is 1.47. The third-order valence-electron chi connectivity index (χ3n) is 2.87. The minimum absolute atomic E-state index is 0.925. The molecule has 0 amide bonds. The van der Waals surface area contributed by atoms with E-state index in [1.165, 1.54) is 12.8 Å². The van der Waals surface area contributed by atoms with Crippen molar-refractivity contribution in [2.75, 3.05) is 0 Å². The Morgan fingerprint density at radius 2 is 1.44 bits per heavy atom. The molecule has 0 aromatic rings. The molecule has 0 heterocycles. The average Bonchev–Trinajstić information content (AvgIpc) is 1.83. The van der Waals surface area contributed by atoms with Crippen molar-refractivity contribution in [3.63, 3.8) is 0 Å². The summed E-state index contributed by atoms with van der Waals surface area (Å²) < 4.78 is 0. The fourth-order valence-electron chi connectivity index (χ4n) is 1.61. The van der Waals surface area contributed by atoms with E-state index in [0.29, 0.717) is 0 Å². The summed E-state index contributed by atoms with van der Waals surface area (Å²) in [6.07, 6.45) is 5.12. The lowest BCUT2D eigenvalue weighted by atomic mass is 9.75. The molecule has 54 valence electrons. The Morgan fingerprint density at radius 3 is 1.78 bits per heavy atom. The van der Waals surface area contributed by atoms with E-state index in [0.717, 1.165) is 17.8 Å². The van der Waals surface area contributed by atoms with Gasteiger partial charge in [-0.2, -0.15) is 12.8 Å². The van der Waals surface area contributed by atoms with Crippen LogP contribution in [0.5, 0.6) is 0 Å². The Balaban J connectivity index is 2.41. The van der Waals surface area contributed by atoms with Crippen LogP contribution in [0.15, 0.2) is 0 Å². The molecular weight excluding hydrogens is 108 g/mol. The summed E-state index contributed by atoms with van der Waals surface area (Å²) in [6, 6.07) is 0. The molecule has 1 rings (SSSR count). The molecule has 1 aliphatic rings. The lowest BCUT2D eigenvalue weighted by Gasteiger charge is -2.37. The highest BCUT2D eigenvalue weighted by molar-refractivity contribution is 4.83. The van der Waals surface area contributed by atoms with Gasteiger partial charge in [0.15, 0.2) is 0 Å². The van der Waals surface area contributed by atoms with Gasteiger partial charge in [-0.3, -0.25) is 0 Å². The molecule has 1 aliphatic carbocycles. The molecule has 0 nitrogen and oxygen atoms in total. The van der Waals surface area contributed by atoms with E-state index in [1.807, 2.05) is 0 Å². The molecule has 0 aromatic carbocycles. The molecular formula is C9H17-. The van der Waals surface area contributed by atoms with Crippen LogP contribution in [0.4, 0.5) is 0 Å². The second-order valence-corrected chi connectivity index (χ2v) is 3.57. The van der Waals surface area contributed by atoms with Crippen LogP contribution in [-0.4, -0.2) is 0 Å². The van der Waals surface area contributed by atoms with E-state index in [-0.39, 0.29) is 0 Å². The maximum atomic E-state index is 2.44. The second kappa shape index (κ2) is 2.72. The van der Waals surface area contributed by atoms with E-state index in [2.05, 4.69) is 27.2 Å². The molecule has 0 radical (unpaired) electrons. The topological polar surface area (TPSA) is 0 Å². The van der Waals surface area contributed by atoms with Gasteiger partial charge in [-0.05, 0) is 5.92 Å². The van der Waals surface area contributed by atoms with Gasteiger partial charge in [0.2, 0.25) is 0 Å². The first-order valence-corrected chi connectivity index (χ1v) is 4.03. The van der Waals surface area contributed by atoms with Gasteiger partial charge in [-0.1, -0.05) is 32.6 Å². The molecule has 0 N–H and O–H groups in total. The van der Waals surface area contributed by atoms with Gasteiger partial charge in [0.05, 0.1) is 0 Å². The summed E-state index contributed by atoms with van der Waals surface area (Å²) in [5.41, 5.74) is 0. The summed E-state index contributed by atoms with van der Waals surface area (Å²) in [7, 11) is 0. The van der Waals surface area contributed by atoms with E-state index in [1.54, 1.807) is 0 Å². The van der Waals surface area contributed by atoms with Crippen molar-refractivity contribution >= 4 is 0 Å². The first-order valence-electron chi connectivity index (χ1n) is 4.03. The molecule has 2 atom stereocenters. The predicted octanol–water partition coefficient (Wildman–Crippen LogP) is 2.89. The fraction of sp³-hybridized carbons (Fsp3) is 0.889. The van der Waals surface area contributed by atoms with E-state index < -0.39 is 0 Å². The number of hydrogen-bond donors (Lipinski definition) is 0. The summed E-state index contributed by atoms with van der Waals surface area (Å²) in [4.78, 5) is 0. The zero-order valence-corrected chi connectivity index (χ0v) is 6.72. The molecule has 0 aromatic heterocycles. The second-order valence-electron chi connectivity index (χ2n) is 3.57. The highest BCUT2D eigenvalue weighted by Crippen LogP contribution is 2.32. The molecule has 1 saturated carbocycles. The van der Waals surface area contributed by atoms with Crippen LogP contribution in [0.1, 0.15) is 33.6 Å². The average molecular weight is 125 g/mol. The normalized spacial score (nSPS) is 45.0. The summed E-state index contributed by atoms with van der Waals surface area (Å²) in [5.74, 6) is 2.79. The van der Waals surface area contributed by atoms with Gasteiger partial charge in [-0.25, -0.2) is 0 Å². The monoisotopic (exact) mass is 125 g/mol. The first kappa shape index (κ1) is 7.11. The largest absolute Gasteiger partial charge is 0.328 e. The SMILES string of the molecule is CC1C[CH-]CC(C)C1C. The summed E-state index contributed by atoms with van der Waals surface area (Å²) in [5, 5.41) is 0. The molecule has 0 bridgehead atoms. The van der Waals surface area contributed by atoms with Crippen LogP contribution < -0.4 is 0 Å². The van der Waals surface area contributed by atoms with Crippen LogP contribution >= 0.6 is 0 Å². The van der Waals surface area contributed by atoms with E-state index in [9.17, 15) is 0 Å². The Labute approximate surface area is 58.7 Å². The molecule has 1 fully saturated rings. The van der Waals surface area contributed by atoms with Gasteiger partial charge in [-0.15, -0.1) is 0 Å². The van der Waals surface area contributed by atoms with Crippen LogP contribution in [0.2, 0.25) is 0 Å². The molecule has 9 heavy (non-hydrogen) atoms.